The molecule has 0 aliphatic heterocycles. The first-order chi connectivity index (χ1) is 8.52. The van der Waals surface area contributed by atoms with E-state index in [0.29, 0.717) is 0 Å². The van der Waals surface area contributed by atoms with Crippen molar-refractivity contribution in [1.29, 1.82) is 0 Å². The van der Waals surface area contributed by atoms with Gasteiger partial charge in [-0.05, 0) is 33.8 Å². The van der Waals surface area contributed by atoms with Crippen molar-refractivity contribution in [2.75, 3.05) is 6.61 Å². The number of aliphatic imine (C=N–C) groups is 1. The van der Waals surface area contributed by atoms with Crippen LogP contribution in [-0.4, -0.2) is 24.1 Å². The standard InChI is InChI=1S/C14H19NO3/c1-5-7-8-9-12(4)15-10-11(3)13(16)14(17)18-6-2/h5,7-10H,6H2,1-4H3/b7-5-,9-8-,11-10+,15-12+. The third-order valence-corrected chi connectivity index (χ3v) is 1.92. The second-order valence-electron chi connectivity index (χ2n) is 3.52. The second kappa shape index (κ2) is 9.10. The molecule has 0 amide bonds. The molecule has 0 radical (unpaired) electrons. The van der Waals surface area contributed by atoms with Crippen LogP contribution in [0.2, 0.25) is 0 Å². The quantitative estimate of drug-likeness (QED) is 0.239. The van der Waals surface area contributed by atoms with Gasteiger partial charge >= 0.3 is 5.97 Å². The lowest BCUT2D eigenvalue weighted by molar-refractivity contribution is -0.151. The summed E-state index contributed by atoms with van der Waals surface area (Å²) in [5.41, 5.74) is 0.997. The van der Waals surface area contributed by atoms with Crippen LogP contribution in [0.1, 0.15) is 27.7 Å². The number of hydrogen-bond donors (Lipinski definition) is 0. The van der Waals surface area contributed by atoms with Crippen LogP contribution in [-0.2, 0) is 14.3 Å². The molecule has 4 heteroatoms. The van der Waals surface area contributed by atoms with Gasteiger partial charge < -0.3 is 4.74 Å². The lowest BCUT2D eigenvalue weighted by Crippen LogP contribution is -2.18. The van der Waals surface area contributed by atoms with E-state index in [1.165, 1.54) is 13.1 Å². The SMILES string of the molecule is C\C=C/C=C\C(C)=N\C=C(/C)C(=O)C(=O)OCC. The zero-order valence-electron chi connectivity index (χ0n) is 11.3. The fourth-order valence-electron chi connectivity index (χ4n) is 0.964. The molecular weight excluding hydrogens is 230 g/mol. The number of esters is 1. The zero-order chi connectivity index (χ0) is 14.0. The van der Waals surface area contributed by atoms with Gasteiger partial charge in [0.2, 0.25) is 0 Å². The van der Waals surface area contributed by atoms with Crippen molar-refractivity contribution in [3.05, 3.63) is 36.1 Å². The molecule has 98 valence electrons. The summed E-state index contributed by atoms with van der Waals surface area (Å²) in [4.78, 5) is 26.7. The lowest BCUT2D eigenvalue weighted by atomic mass is 10.2. The van der Waals surface area contributed by atoms with Gasteiger partial charge in [0.1, 0.15) is 0 Å². The number of Topliss-reactive ketones (excluding diaryl/α,β-unsaturated/α-hetero) is 1. The largest absolute Gasteiger partial charge is 0.460 e. The monoisotopic (exact) mass is 249 g/mol. The highest BCUT2D eigenvalue weighted by molar-refractivity contribution is 6.40. The normalized spacial score (nSPS) is 13.3. The van der Waals surface area contributed by atoms with E-state index in [2.05, 4.69) is 9.73 Å². The van der Waals surface area contributed by atoms with Crippen LogP contribution in [0.3, 0.4) is 0 Å². The molecule has 0 atom stereocenters. The Morgan fingerprint density at radius 3 is 2.44 bits per heavy atom. The predicted octanol–water partition coefficient (Wildman–Crippen LogP) is 2.62. The summed E-state index contributed by atoms with van der Waals surface area (Å²) in [5, 5.41) is 0. The van der Waals surface area contributed by atoms with Crippen molar-refractivity contribution in [3.63, 3.8) is 0 Å². The average molecular weight is 249 g/mol. The molecule has 18 heavy (non-hydrogen) atoms. The average Bonchev–Trinajstić information content (AvgIpc) is 2.35. The number of carbonyl (C=O) groups is 2. The third kappa shape index (κ3) is 6.58. The van der Waals surface area contributed by atoms with Gasteiger partial charge in [0.15, 0.2) is 0 Å². The van der Waals surface area contributed by atoms with Gasteiger partial charge in [-0.1, -0.05) is 18.2 Å². The van der Waals surface area contributed by atoms with E-state index in [1.807, 2.05) is 25.2 Å². The lowest BCUT2D eigenvalue weighted by Gasteiger charge is -1.99. The molecule has 0 aromatic rings. The smallest absolute Gasteiger partial charge is 0.379 e. The van der Waals surface area contributed by atoms with Crippen molar-refractivity contribution < 1.29 is 14.3 Å². The Morgan fingerprint density at radius 1 is 1.22 bits per heavy atom. The third-order valence-electron chi connectivity index (χ3n) is 1.92. The highest BCUT2D eigenvalue weighted by atomic mass is 16.5. The fourth-order valence-corrected chi connectivity index (χ4v) is 0.964. The van der Waals surface area contributed by atoms with Crippen LogP contribution in [0.25, 0.3) is 0 Å². The van der Waals surface area contributed by atoms with Crippen molar-refractivity contribution in [1.82, 2.24) is 0 Å². The molecule has 0 spiro atoms. The molecule has 0 saturated heterocycles. The van der Waals surface area contributed by atoms with Crippen molar-refractivity contribution in [3.8, 4) is 0 Å². The molecule has 0 bridgehead atoms. The minimum absolute atomic E-state index is 0.187. The van der Waals surface area contributed by atoms with Crippen LogP contribution in [0.4, 0.5) is 0 Å². The summed E-state index contributed by atoms with van der Waals surface area (Å²) in [7, 11) is 0. The van der Waals surface area contributed by atoms with Crippen LogP contribution in [0.5, 0.6) is 0 Å². The second-order valence-corrected chi connectivity index (χ2v) is 3.52. The van der Waals surface area contributed by atoms with Crippen LogP contribution >= 0.6 is 0 Å². The zero-order valence-corrected chi connectivity index (χ0v) is 11.3. The number of carbonyl (C=O) groups excluding carboxylic acids is 2. The molecular formula is C14H19NO3. The molecule has 0 aliphatic carbocycles. The van der Waals surface area contributed by atoms with E-state index < -0.39 is 11.8 Å². The molecule has 0 fully saturated rings. The topological polar surface area (TPSA) is 55.7 Å². The molecule has 0 unspecified atom stereocenters. The Morgan fingerprint density at radius 2 is 1.89 bits per heavy atom. The Kier molecular flexibility index (Phi) is 8.10. The number of allylic oxidation sites excluding steroid dienone is 4. The molecule has 0 saturated carbocycles. The maximum atomic E-state index is 11.5. The van der Waals surface area contributed by atoms with Gasteiger partial charge in [-0.3, -0.25) is 9.79 Å². The first-order valence-electron chi connectivity index (χ1n) is 5.74. The summed E-state index contributed by atoms with van der Waals surface area (Å²) in [6, 6.07) is 0. The minimum atomic E-state index is -0.844. The minimum Gasteiger partial charge on any atom is -0.460 e. The van der Waals surface area contributed by atoms with Gasteiger partial charge in [0.25, 0.3) is 5.78 Å². The highest BCUT2D eigenvalue weighted by Gasteiger charge is 2.16. The molecule has 0 rings (SSSR count). The predicted molar refractivity (Wildman–Crippen MR) is 72.5 cm³/mol. The van der Waals surface area contributed by atoms with Crippen molar-refractivity contribution >= 4 is 17.5 Å². The van der Waals surface area contributed by atoms with Crippen LogP contribution in [0, 0.1) is 0 Å². The van der Waals surface area contributed by atoms with E-state index in [4.69, 9.17) is 0 Å². The van der Waals surface area contributed by atoms with E-state index in [-0.39, 0.29) is 12.2 Å². The Hall–Kier alpha value is -1.97. The van der Waals surface area contributed by atoms with Gasteiger partial charge in [-0.15, -0.1) is 0 Å². The van der Waals surface area contributed by atoms with E-state index in [1.54, 1.807) is 19.9 Å². The summed E-state index contributed by atoms with van der Waals surface area (Å²) in [5.74, 6) is -1.51. The van der Waals surface area contributed by atoms with Gasteiger partial charge in [0.05, 0.1) is 6.61 Å². The number of ether oxygens (including phenoxy) is 1. The molecule has 4 nitrogen and oxygen atoms in total. The van der Waals surface area contributed by atoms with E-state index >= 15 is 0 Å². The van der Waals surface area contributed by atoms with E-state index in [9.17, 15) is 9.59 Å². The van der Waals surface area contributed by atoms with Gasteiger partial charge in [-0.2, -0.15) is 0 Å². The summed E-state index contributed by atoms with van der Waals surface area (Å²) in [6.07, 6.45) is 8.79. The summed E-state index contributed by atoms with van der Waals surface area (Å²) >= 11 is 0. The number of ketones is 1. The van der Waals surface area contributed by atoms with Crippen molar-refractivity contribution in [2.24, 2.45) is 4.99 Å². The van der Waals surface area contributed by atoms with Gasteiger partial charge in [0, 0.05) is 17.5 Å². The number of rotatable bonds is 6. The van der Waals surface area contributed by atoms with Crippen LogP contribution in [0.15, 0.2) is 41.1 Å². The summed E-state index contributed by atoms with van der Waals surface area (Å²) in [6.45, 7) is 7.09. The maximum Gasteiger partial charge on any atom is 0.379 e. The Balaban J connectivity index is 4.63. The molecule has 0 aliphatic rings. The first-order valence-corrected chi connectivity index (χ1v) is 5.74. The molecule has 0 heterocycles. The molecule has 0 aromatic carbocycles. The van der Waals surface area contributed by atoms with Crippen LogP contribution < -0.4 is 0 Å². The Labute approximate surface area is 108 Å². The van der Waals surface area contributed by atoms with Gasteiger partial charge in [-0.25, -0.2) is 4.79 Å². The Bertz CT molecular complexity index is 415. The number of hydrogen-bond acceptors (Lipinski definition) is 4. The van der Waals surface area contributed by atoms with E-state index in [0.717, 1.165) is 5.71 Å². The molecule has 0 aromatic heterocycles. The van der Waals surface area contributed by atoms with Crippen molar-refractivity contribution in [2.45, 2.75) is 27.7 Å². The summed E-state index contributed by atoms with van der Waals surface area (Å²) < 4.78 is 4.61. The molecule has 0 N–H and O–H groups in total. The maximum absolute atomic E-state index is 11.5. The first kappa shape index (κ1) is 16.0. The highest BCUT2D eigenvalue weighted by Crippen LogP contribution is 1.98. The fraction of sp³-hybridized carbons (Fsp3) is 0.357. The number of nitrogens with zero attached hydrogens (tertiary/aromatic N) is 1.